The molecular formula is C16H14BrFO3. The minimum Gasteiger partial charge on any atom is -0.489 e. The highest BCUT2D eigenvalue weighted by Crippen LogP contribution is 2.27. The third-order valence-corrected chi connectivity index (χ3v) is 4.27. The third kappa shape index (κ3) is 3.82. The van der Waals surface area contributed by atoms with Crippen LogP contribution in [0, 0.1) is 19.7 Å². The van der Waals surface area contributed by atoms with Crippen molar-refractivity contribution in [2.24, 2.45) is 0 Å². The van der Waals surface area contributed by atoms with Crippen molar-refractivity contribution in [3.05, 3.63) is 62.9 Å². The highest BCUT2D eigenvalue weighted by atomic mass is 79.9. The van der Waals surface area contributed by atoms with Crippen molar-refractivity contribution in [1.82, 2.24) is 0 Å². The zero-order valence-electron chi connectivity index (χ0n) is 11.6. The van der Waals surface area contributed by atoms with Crippen LogP contribution < -0.4 is 4.74 Å². The summed E-state index contributed by atoms with van der Waals surface area (Å²) in [6, 6.07) is 7.40. The number of halogens is 2. The van der Waals surface area contributed by atoms with Crippen LogP contribution in [0.1, 0.15) is 27.0 Å². The lowest BCUT2D eigenvalue weighted by Gasteiger charge is -2.11. The summed E-state index contributed by atoms with van der Waals surface area (Å²) in [6.45, 7) is 4.02. The van der Waals surface area contributed by atoms with Crippen molar-refractivity contribution in [1.29, 1.82) is 0 Å². The quantitative estimate of drug-likeness (QED) is 0.882. The average Bonchev–Trinajstić information content (AvgIpc) is 2.41. The lowest BCUT2D eigenvalue weighted by molar-refractivity contribution is 0.0696. The first-order chi connectivity index (χ1) is 9.86. The van der Waals surface area contributed by atoms with Crippen LogP contribution in [-0.4, -0.2) is 11.1 Å². The highest BCUT2D eigenvalue weighted by molar-refractivity contribution is 9.10. The number of aryl methyl sites for hydroxylation is 2. The van der Waals surface area contributed by atoms with E-state index in [1.165, 1.54) is 12.1 Å². The maximum atomic E-state index is 13.4. The molecule has 0 saturated heterocycles. The molecule has 1 N–H and O–H groups in total. The van der Waals surface area contributed by atoms with Crippen molar-refractivity contribution in [3.8, 4) is 5.75 Å². The Balaban J connectivity index is 2.18. The molecule has 0 unspecified atom stereocenters. The third-order valence-electron chi connectivity index (χ3n) is 3.02. The molecule has 21 heavy (non-hydrogen) atoms. The van der Waals surface area contributed by atoms with Gasteiger partial charge in [0.1, 0.15) is 18.2 Å². The van der Waals surface area contributed by atoms with Crippen LogP contribution in [0.4, 0.5) is 4.39 Å². The van der Waals surface area contributed by atoms with Crippen molar-refractivity contribution in [2.45, 2.75) is 20.5 Å². The Labute approximate surface area is 130 Å². The minimum absolute atomic E-state index is 0.0863. The van der Waals surface area contributed by atoms with Crippen molar-refractivity contribution >= 4 is 21.9 Å². The van der Waals surface area contributed by atoms with Gasteiger partial charge in [0.15, 0.2) is 0 Å². The second-order valence-corrected chi connectivity index (χ2v) is 5.61. The van der Waals surface area contributed by atoms with Crippen molar-refractivity contribution < 1.29 is 19.0 Å². The van der Waals surface area contributed by atoms with E-state index in [2.05, 4.69) is 15.9 Å². The molecule has 2 aromatic carbocycles. The second-order valence-electron chi connectivity index (χ2n) is 4.81. The summed E-state index contributed by atoms with van der Waals surface area (Å²) in [5.41, 5.74) is 2.47. The van der Waals surface area contributed by atoms with Crippen LogP contribution in [0.3, 0.4) is 0 Å². The molecule has 110 valence electrons. The summed E-state index contributed by atoms with van der Waals surface area (Å²) in [4.78, 5) is 10.9. The van der Waals surface area contributed by atoms with Gasteiger partial charge in [0.05, 0.1) is 5.56 Å². The summed E-state index contributed by atoms with van der Waals surface area (Å²) >= 11 is 3.47. The van der Waals surface area contributed by atoms with Gasteiger partial charge in [-0.2, -0.15) is 0 Å². The summed E-state index contributed by atoms with van der Waals surface area (Å²) < 4.78 is 20.0. The van der Waals surface area contributed by atoms with Crippen molar-refractivity contribution in [3.63, 3.8) is 0 Å². The van der Waals surface area contributed by atoms with E-state index in [-0.39, 0.29) is 12.2 Å². The van der Waals surface area contributed by atoms with Crippen LogP contribution in [0.15, 0.2) is 34.8 Å². The van der Waals surface area contributed by atoms with E-state index in [1.807, 2.05) is 26.0 Å². The fourth-order valence-electron chi connectivity index (χ4n) is 2.01. The van der Waals surface area contributed by atoms with Gasteiger partial charge in [0.2, 0.25) is 0 Å². The number of carboxylic acids is 1. The number of carbonyl (C=O) groups is 1. The molecule has 0 bridgehead atoms. The van der Waals surface area contributed by atoms with Gasteiger partial charge < -0.3 is 9.84 Å². The molecule has 0 aliphatic heterocycles. The Hall–Kier alpha value is -1.88. The number of rotatable bonds is 4. The molecule has 0 aliphatic carbocycles. The van der Waals surface area contributed by atoms with Gasteiger partial charge in [-0.1, -0.05) is 15.9 Å². The maximum absolute atomic E-state index is 13.4. The van der Waals surface area contributed by atoms with Gasteiger partial charge >= 0.3 is 5.97 Å². The molecular weight excluding hydrogens is 339 g/mol. The van der Waals surface area contributed by atoms with E-state index in [0.29, 0.717) is 11.3 Å². The van der Waals surface area contributed by atoms with Crippen LogP contribution in [0.25, 0.3) is 0 Å². The largest absolute Gasteiger partial charge is 0.489 e. The highest BCUT2D eigenvalue weighted by Gasteiger charge is 2.08. The molecule has 0 heterocycles. The number of benzene rings is 2. The van der Waals surface area contributed by atoms with Gasteiger partial charge in [-0.3, -0.25) is 0 Å². The number of ether oxygens (including phenoxy) is 1. The first-order valence-electron chi connectivity index (χ1n) is 6.29. The summed E-state index contributed by atoms with van der Waals surface area (Å²) in [5.74, 6) is -1.09. The molecule has 0 radical (unpaired) electrons. The molecule has 5 heteroatoms. The number of hydrogen-bond donors (Lipinski definition) is 1. The van der Waals surface area contributed by atoms with Crippen LogP contribution in [0.5, 0.6) is 5.75 Å². The monoisotopic (exact) mass is 352 g/mol. The van der Waals surface area contributed by atoms with E-state index >= 15 is 0 Å². The van der Waals surface area contributed by atoms with Crippen molar-refractivity contribution in [2.75, 3.05) is 0 Å². The molecule has 2 aromatic rings. The first-order valence-corrected chi connectivity index (χ1v) is 7.08. The van der Waals surface area contributed by atoms with E-state index < -0.39 is 11.8 Å². The topological polar surface area (TPSA) is 46.5 Å². The Morgan fingerprint density at radius 3 is 2.38 bits per heavy atom. The maximum Gasteiger partial charge on any atom is 0.335 e. The van der Waals surface area contributed by atoms with E-state index in [4.69, 9.17) is 9.84 Å². The van der Waals surface area contributed by atoms with E-state index in [9.17, 15) is 9.18 Å². The zero-order valence-corrected chi connectivity index (χ0v) is 13.2. The predicted molar refractivity (Wildman–Crippen MR) is 81.3 cm³/mol. The lowest BCUT2D eigenvalue weighted by Crippen LogP contribution is -2.02. The lowest BCUT2D eigenvalue weighted by atomic mass is 10.1. The average molecular weight is 353 g/mol. The molecule has 0 aliphatic rings. The predicted octanol–water partition coefficient (Wildman–Crippen LogP) is 4.48. The second kappa shape index (κ2) is 6.26. The Bertz CT molecular complexity index is 675. The fourth-order valence-corrected chi connectivity index (χ4v) is 2.24. The van der Waals surface area contributed by atoms with Crippen LogP contribution in [-0.2, 0) is 6.61 Å². The van der Waals surface area contributed by atoms with Crippen LogP contribution in [0.2, 0.25) is 0 Å². The van der Waals surface area contributed by atoms with Gasteiger partial charge in [-0.15, -0.1) is 0 Å². The van der Waals surface area contributed by atoms with Gasteiger partial charge in [0.25, 0.3) is 0 Å². The molecule has 3 nitrogen and oxygen atoms in total. The Morgan fingerprint density at radius 2 is 1.81 bits per heavy atom. The number of aromatic carboxylic acids is 1. The molecule has 0 aromatic heterocycles. The summed E-state index contributed by atoms with van der Waals surface area (Å²) in [7, 11) is 0. The number of hydrogen-bond acceptors (Lipinski definition) is 2. The van der Waals surface area contributed by atoms with Gasteiger partial charge in [-0.05, 0) is 60.9 Å². The number of carboxylic acid groups (broad SMARTS) is 1. The molecule has 0 atom stereocenters. The molecule has 0 saturated carbocycles. The fraction of sp³-hybridized carbons (Fsp3) is 0.188. The Kier molecular flexibility index (Phi) is 4.63. The van der Waals surface area contributed by atoms with E-state index in [0.717, 1.165) is 21.7 Å². The molecule has 2 rings (SSSR count). The summed E-state index contributed by atoms with van der Waals surface area (Å²) in [5, 5.41) is 8.91. The normalized spacial score (nSPS) is 10.5. The summed E-state index contributed by atoms with van der Waals surface area (Å²) in [6.07, 6.45) is 0. The minimum atomic E-state index is -1.16. The first kappa shape index (κ1) is 15.5. The smallest absolute Gasteiger partial charge is 0.335 e. The van der Waals surface area contributed by atoms with E-state index in [1.54, 1.807) is 0 Å². The molecule has 0 amide bonds. The molecule has 0 fully saturated rings. The molecule has 0 spiro atoms. The van der Waals surface area contributed by atoms with Gasteiger partial charge in [0, 0.05) is 4.47 Å². The standard InChI is InChI=1S/C16H14BrFO3/c1-9-3-14(4-10(2)15(9)17)21-8-11-5-12(16(19)20)7-13(18)6-11/h3-7H,8H2,1-2H3,(H,19,20). The zero-order chi connectivity index (χ0) is 15.6. The SMILES string of the molecule is Cc1cc(OCc2cc(F)cc(C(=O)O)c2)cc(C)c1Br. The van der Waals surface area contributed by atoms with Gasteiger partial charge in [-0.25, -0.2) is 9.18 Å². The van der Waals surface area contributed by atoms with Crippen LogP contribution >= 0.6 is 15.9 Å². The Morgan fingerprint density at radius 1 is 1.19 bits per heavy atom.